The van der Waals surface area contributed by atoms with E-state index in [9.17, 15) is 8.42 Å². The molecule has 5 nitrogen and oxygen atoms in total. The van der Waals surface area contributed by atoms with E-state index in [4.69, 9.17) is 0 Å². The van der Waals surface area contributed by atoms with Crippen LogP contribution in [0.1, 0.15) is 39.0 Å². The molecular weight excluding hydrogens is 298 g/mol. The molecular formula is C13H26ClN3O2S. The zero-order valence-corrected chi connectivity index (χ0v) is 13.8. The lowest BCUT2D eigenvalue weighted by molar-refractivity contribution is 0.240. The minimum atomic E-state index is -3.25. The largest absolute Gasteiger partial charge is 0.315 e. The Hall–Kier alpha value is 0.120. The molecule has 118 valence electrons. The maximum Gasteiger partial charge on any atom is 0.282 e. The molecule has 1 N–H and O–H groups in total. The normalized spacial score (nSPS) is 36.4. The van der Waals surface area contributed by atoms with E-state index in [1.807, 2.05) is 4.31 Å². The highest BCUT2D eigenvalue weighted by Crippen LogP contribution is 2.33. The Morgan fingerprint density at radius 3 is 2.60 bits per heavy atom. The molecule has 0 spiro atoms. The molecule has 3 unspecified atom stereocenters. The zero-order valence-electron chi connectivity index (χ0n) is 12.1. The zero-order chi connectivity index (χ0) is 13.5. The van der Waals surface area contributed by atoms with Crippen molar-refractivity contribution in [2.45, 2.75) is 51.1 Å². The van der Waals surface area contributed by atoms with Gasteiger partial charge in [0.15, 0.2) is 0 Å². The second-order valence-corrected chi connectivity index (χ2v) is 8.15. The van der Waals surface area contributed by atoms with Gasteiger partial charge < -0.3 is 5.32 Å². The summed E-state index contributed by atoms with van der Waals surface area (Å²) in [4.78, 5) is 0. The van der Waals surface area contributed by atoms with Crippen LogP contribution in [-0.4, -0.2) is 55.3 Å². The molecule has 3 atom stereocenters. The molecule has 0 amide bonds. The molecule has 7 heteroatoms. The highest BCUT2D eigenvalue weighted by molar-refractivity contribution is 7.86. The quantitative estimate of drug-likeness (QED) is 0.831. The van der Waals surface area contributed by atoms with Crippen molar-refractivity contribution in [3.63, 3.8) is 0 Å². The Balaban J connectivity index is 0.00000147. The molecule has 2 bridgehead atoms. The summed E-state index contributed by atoms with van der Waals surface area (Å²) in [5, 5.41) is 3.37. The van der Waals surface area contributed by atoms with Gasteiger partial charge in [-0.1, -0.05) is 6.92 Å². The second-order valence-electron chi connectivity index (χ2n) is 6.32. The molecule has 0 aliphatic carbocycles. The van der Waals surface area contributed by atoms with Crippen LogP contribution in [0.5, 0.6) is 0 Å². The number of hydrogen-bond donors (Lipinski definition) is 1. The van der Waals surface area contributed by atoms with Gasteiger partial charge in [0.05, 0.1) is 0 Å². The number of piperidine rings is 1. The molecule has 20 heavy (non-hydrogen) atoms. The molecule has 3 fully saturated rings. The van der Waals surface area contributed by atoms with Crippen molar-refractivity contribution < 1.29 is 8.42 Å². The third kappa shape index (κ3) is 2.99. The van der Waals surface area contributed by atoms with E-state index in [2.05, 4.69) is 12.2 Å². The third-order valence-corrected chi connectivity index (χ3v) is 6.91. The van der Waals surface area contributed by atoms with Crippen LogP contribution in [-0.2, 0) is 10.2 Å². The lowest BCUT2D eigenvalue weighted by atomic mass is 10.0. The van der Waals surface area contributed by atoms with Gasteiger partial charge >= 0.3 is 0 Å². The molecule has 3 heterocycles. The summed E-state index contributed by atoms with van der Waals surface area (Å²) in [5.74, 6) is 0.492. The van der Waals surface area contributed by atoms with Gasteiger partial charge in [-0.15, -0.1) is 12.4 Å². The first-order chi connectivity index (χ1) is 9.09. The number of hydrogen-bond acceptors (Lipinski definition) is 3. The van der Waals surface area contributed by atoms with Crippen LogP contribution in [0, 0.1) is 5.92 Å². The molecule has 3 aliphatic heterocycles. The molecule has 0 aromatic heterocycles. The Morgan fingerprint density at radius 2 is 1.85 bits per heavy atom. The van der Waals surface area contributed by atoms with Crippen molar-refractivity contribution in [1.29, 1.82) is 0 Å². The maximum absolute atomic E-state index is 12.9. The van der Waals surface area contributed by atoms with E-state index in [0.29, 0.717) is 19.0 Å². The number of rotatable bonds is 2. The van der Waals surface area contributed by atoms with Crippen molar-refractivity contribution in [3.05, 3.63) is 0 Å². The molecule has 0 saturated carbocycles. The Labute approximate surface area is 128 Å². The highest BCUT2D eigenvalue weighted by atomic mass is 35.5. The molecule has 0 radical (unpaired) electrons. The summed E-state index contributed by atoms with van der Waals surface area (Å²) >= 11 is 0. The topological polar surface area (TPSA) is 52.7 Å². The van der Waals surface area contributed by atoms with Crippen LogP contribution in [0.2, 0.25) is 0 Å². The number of nitrogens with zero attached hydrogens (tertiary/aromatic N) is 2. The maximum atomic E-state index is 12.9. The van der Waals surface area contributed by atoms with Crippen LogP contribution >= 0.6 is 12.4 Å². The van der Waals surface area contributed by atoms with Gasteiger partial charge in [-0.05, 0) is 44.6 Å². The number of fused-ring (bicyclic) bond motifs is 2. The predicted molar refractivity (Wildman–Crippen MR) is 82.3 cm³/mol. The Bertz CT molecular complexity index is 417. The van der Waals surface area contributed by atoms with E-state index < -0.39 is 10.2 Å². The van der Waals surface area contributed by atoms with Crippen LogP contribution in [0.4, 0.5) is 0 Å². The van der Waals surface area contributed by atoms with Gasteiger partial charge in [-0.3, -0.25) is 0 Å². The molecule has 0 aromatic rings. The van der Waals surface area contributed by atoms with Crippen molar-refractivity contribution in [1.82, 2.24) is 13.9 Å². The molecule has 0 aromatic carbocycles. The van der Waals surface area contributed by atoms with Crippen LogP contribution in [0.3, 0.4) is 0 Å². The summed E-state index contributed by atoms with van der Waals surface area (Å²) in [6, 6.07) is 0.400. The first-order valence-electron chi connectivity index (χ1n) is 7.58. The van der Waals surface area contributed by atoms with Crippen LogP contribution in [0.25, 0.3) is 0 Å². The minimum absolute atomic E-state index is 0. The van der Waals surface area contributed by atoms with Gasteiger partial charge in [-0.25, -0.2) is 0 Å². The Kier molecular flexibility index (Phi) is 5.34. The van der Waals surface area contributed by atoms with Gasteiger partial charge in [0.25, 0.3) is 10.2 Å². The van der Waals surface area contributed by atoms with Gasteiger partial charge in [0.1, 0.15) is 0 Å². The lowest BCUT2D eigenvalue weighted by Gasteiger charge is -2.36. The van der Waals surface area contributed by atoms with Gasteiger partial charge in [0.2, 0.25) is 0 Å². The lowest BCUT2D eigenvalue weighted by Crippen LogP contribution is -2.52. The summed E-state index contributed by atoms with van der Waals surface area (Å²) in [6.07, 6.45) is 5.16. The SMILES string of the molecule is CC1CCCN(S(=O)(=O)N2C3CCNCC2CC3)C1.Cl. The summed E-state index contributed by atoms with van der Waals surface area (Å²) in [6.45, 7) is 5.32. The Morgan fingerprint density at radius 1 is 1.10 bits per heavy atom. The molecule has 3 saturated heterocycles. The van der Waals surface area contributed by atoms with Crippen molar-refractivity contribution >= 4 is 22.6 Å². The average molecular weight is 324 g/mol. The standard InChI is InChI=1S/C13H25N3O2S.ClH/c1-11-3-2-8-15(10-11)19(17,18)16-12-4-5-13(16)9-14-7-6-12;/h11-14H,2-10H2,1H3;1H. The monoisotopic (exact) mass is 323 g/mol. The predicted octanol–water partition coefficient (Wildman–Crippen LogP) is 1.21. The second kappa shape index (κ2) is 6.48. The first-order valence-corrected chi connectivity index (χ1v) is 8.98. The fraction of sp³-hybridized carbons (Fsp3) is 1.00. The van der Waals surface area contributed by atoms with Crippen molar-refractivity contribution in [2.24, 2.45) is 5.92 Å². The fourth-order valence-corrected chi connectivity index (χ4v) is 6.02. The van der Waals surface area contributed by atoms with Crippen LogP contribution in [0.15, 0.2) is 0 Å². The smallest absolute Gasteiger partial charge is 0.282 e. The summed E-state index contributed by atoms with van der Waals surface area (Å²) in [7, 11) is -3.25. The number of nitrogens with one attached hydrogen (secondary N) is 1. The van der Waals surface area contributed by atoms with Crippen LogP contribution < -0.4 is 5.32 Å². The van der Waals surface area contributed by atoms with E-state index in [0.717, 1.165) is 45.2 Å². The molecule has 3 rings (SSSR count). The van der Waals surface area contributed by atoms with Crippen molar-refractivity contribution in [2.75, 3.05) is 26.2 Å². The molecule has 3 aliphatic rings. The number of halogens is 1. The summed E-state index contributed by atoms with van der Waals surface area (Å²) in [5.41, 5.74) is 0. The fourth-order valence-electron chi connectivity index (χ4n) is 3.80. The van der Waals surface area contributed by atoms with Gasteiger partial charge in [-0.2, -0.15) is 17.0 Å². The van der Waals surface area contributed by atoms with E-state index in [1.165, 1.54) is 0 Å². The average Bonchev–Trinajstić information content (AvgIpc) is 2.63. The highest BCUT2D eigenvalue weighted by Gasteiger charge is 2.45. The third-order valence-electron chi connectivity index (χ3n) is 4.80. The van der Waals surface area contributed by atoms with Gasteiger partial charge in [0, 0.05) is 31.7 Å². The van der Waals surface area contributed by atoms with E-state index >= 15 is 0 Å². The summed E-state index contributed by atoms with van der Waals surface area (Å²) < 4.78 is 29.4. The van der Waals surface area contributed by atoms with Crippen molar-refractivity contribution in [3.8, 4) is 0 Å². The minimum Gasteiger partial charge on any atom is -0.315 e. The van der Waals surface area contributed by atoms with E-state index in [-0.39, 0.29) is 24.5 Å². The van der Waals surface area contributed by atoms with E-state index in [1.54, 1.807) is 4.31 Å². The first kappa shape index (κ1) is 16.5.